The second-order valence-corrected chi connectivity index (χ2v) is 8.72. The number of aryl methyl sites for hydroxylation is 2. The van der Waals surface area contributed by atoms with Crippen LogP contribution in [0.1, 0.15) is 66.4 Å². The number of anilines is 2. The van der Waals surface area contributed by atoms with Crippen molar-refractivity contribution < 1.29 is 19.5 Å². The SMILES string of the molecule is Cc1ccc(N(CC(=O)Nc2ccc(C(=O)O)cc2)C(=O)CCC2CCCCC2)cc1C. The molecule has 6 heteroatoms. The van der Waals surface area contributed by atoms with E-state index in [2.05, 4.69) is 5.32 Å². The molecular weight excluding hydrogens is 404 g/mol. The predicted octanol–water partition coefficient (Wildman–Crippen LogP) is 5.33. The van der Waals surface area contributed by atoms with Gasteiger partial charge in [0.25, 0.3) is 0 Å². The van der Waals surface area contributed by atoms with Crippen LogP contribution in [-0.4, -0.2) is 29.4 Å². The average molecular weight is 437 g/mol. The fourth-order valence-electron chi connectivity index (χ4n) is 4.20. The zero-order chi connectivity index (χ0) is 23.1. The van der Waals surface area contributed by atoms with Crippen molar-refractivity contribution in [2.75, 3.05) is 16.8 Å². The molecule has 32 heavy (non-hydrogen) atoms. The van der Waals surface area contributed by atoms with Crippen molar-refractivity contribution in [3.63, 3.8) is 0 Å². The number of nitrogens with one attached hydrogen (secondary N) is 1. The molecule has 170 valence electrons. The molecule has 0 radical (unpaired) electrons. The highest BCUT2D eigenvalue weighted by Crippen LogP contribution is 2.28. The Morgan fingerprint density at radius 1 is 0.969 bits per heavy atom. The Balaban J connectivity index is 1.70. The lowest BCUT2D eigenvalue weighted by atomic mass is 9.86. The van der Waals surface area contributed by atoms with Crippen LogP contribution < -0.4 is 10.2 Å². The molecular formula is C26H32N2O4. The number of rotatable bonds is 8. The van der Waals surface area contributed by atoms with Crippen LogP contribution in [0.25, 0.3) is 0 Å². The fourth-order valence-corrected chi connectivity index (χ4v) is 4.20. The van der Waals surface area contributed by atoms with Gasteiger partial charge in [0.15, 0.2) is 0 Å². The van der Waals surface area contributed by atoms with Crippen LogP contribution in [0.2, 0.25) is 0 Å². The Hall–Kier alpha value is -3.15. The molecule has 2 aromatic carbocycles. The lowest BCUT2D eigenvalue weighted by Crippen LogP contribution is -2.38. The first-order chi connectivity index (χ1) is 15.3. The van der Waals surface area contributed by atoms with Gasteiger partial charge in [-0.05, 0) is 73.7 Å². The first kappa shape index (κ1) is 23.5. The molecule has 0 saturated heterocycles. The summed E-state index contributed by atoms with van der Waals surface area (Å²) in [6.45, 7) is 3.92. The standard InChI is InChI=1S/C26H32N2O4/c1-18-8-14-23(16-19(18)2)28(25(30)15-9-20-6-4-3-5-7-20)17-24(29)27-22-12-10-21(11-13-22)26(31)32/h8,10-14,16,20H,3-7,9,15,17H2,1-2H3,(H,27,29)(H,31,32). The molecule has 1 saturated carbocycles. The van der Waals surface area contributed by atoms with Gasteiger partial charge in [0, 0.05) is 17.8 Å². The van der Waals surface area contributed by atoms with E-state index in [4.69, 9.17) is 5.11 Å². The average Bonchev–Trinajstić information content (AvgIpc) is 2.79. The van der Waals surface area contributed by atoms with E-state index in [1.54, 1.807) is 17.0 Å². The third-order valence-corrected chi connectivity index (χ3v) is 6.31. The minimum absolute atomic E-state index is 0.0461. The first-order valence-electron chi connectivity index (χ1n) is 11.3. The summed E-state index contributed by atoms with van der Waals surface area (Å²) in [6.07, 6.45) is 7.42. The van der Waals surface area contributed by atoms with E-state index in [0.29, 0.717) is 18.0 Å². The summed E-state index contributed by atoms with van der Waals surface area (Å²) >= 11 is 0. The second kappa shape index (κ2) is 10.9. The normalized spacial score (nSPS) is 14.1. The fraction of sp³-hybridized carbons (Fsp3) is 0.423. The summed E-state index contributed by atoms with van der Waals surface area (Å²) in [5, 5.41) is 11.8. The van der Waals surface area contributed by atoms with Crippen molar-refractivity contribution >= 4 is 29.2 Å². The van der Waals surface area contributed by atoms with Gasteiger partial charge in [-0.1, -0.05) is 38.2 Å². The molecule has 1 aliphatic carbocycles. The van der Waals surface area contributed by atoms with Gasteiger partial charge in [-0.2, -0.15) is 0 Å². The summed E-state index contributed by atoms with van der Waals surface area (Å²) in [6, 6.07) is 11.8. The lowest BCUT2D eigenvalue weighted by molar-refractivity contribution is -0.121. The quantitative estimate of drug-likeness (QED) is 0.585. The Labute approximate surface area is 189 Å². The molecule has 2 amide bonds. The number of hydrogen-bond donors (Lipinski definition) is 2. The number of amides is 2. The second-order valence-electron chi connectivity index (χ2n) is 8.72. The van der Waals surface area contributed by atoms with E-state index < -0.39 is 5.97 Å². The Morgan fingerprint density at radius 3 is 2.28 bits per heavy atom. The molecule has 0 aromatic heterocycles. The minimum Gasteiger partial charge on any atom is -0.478 e. The number of carbonyl (C=O) groups is 3. The number of carbonyl (C=O) groups excluding carboxylic acids is 2. The highest BCUT2D eigenvalue weighted by molar-refractivity contribution is 6.02. The molecule has 1 fully saturated rings. The van der Waals surface area contributed by atoms with Gasteiger partial charge in [-0.25, -0.2) is 4.79 Å². The van der Waals surface area contributed by atoms with Crippen molar-refractivity contribution in [3.8, 4) is 0 Å². The molecule has 2 aromatic rings. The summed E-state index contributed by atoms with van der Waals surface area (Å²) in [7, 11) is 0. The largest absolute Gasteiger partial charge is 0.478 e. The smallest absolute Gasteiger partial charge is 0.335 e. The number of carboxylic acids is 1. The van der Waals surface area contributed by atoms with Crippen molar-refractivity contribution in [3.05, 3.63) is 59.2 Å². The molecule has 0 bridgehead atoms. The topological polar surface area (TPSA) is 86.7 Å². The van der Waals surface area contributed by atoms with E-state index in [1.165, 1.54) is 44.2 Å². The zero-order valence-corrected chi connectivity index (χ0v) is 18.9. The van der Waals surface area contributed by atoms with Crippen molar-refractivity contribution in [1.82, 2.24) is 0 Å². The van der Waals surface area contributed by atoms with Gasteiger partial charge in [-0.3, -0.25) is 9.59 Å². The molecule has 0 unspecified atom stereocenters. The van der Waals surface area contributed by atoms with Gasteiger partial charge in [0.2, 0.25) is 11.8 Å². The van der Waals surface area contributed by atoms with Gasteiger partial charge in [0.05, 0.1) is 5.56 Å². The number of hydrogen-bond acceptors (Lipinski definition) is 3. The minimum atomic E-state index is -1.02. The lowest BCUT2D eigenvalue weighted by Gasteiger charge is -2.25. The third-order valence-electron chi connectivity index (χ3n) is 6.31. The molecule has 0 atom stereocenters. The third kappa shape index (κ3) is 6.42. The van der Waals surface area contributed by atoms with Crippen LogP contribution in [0.5, 0.6) is 0 Å². The van der Waals surface area contributed by atoms with Crippen LogP contribution in [0.4, 0.5) is 11.4 Å². The van der Waals surface area contributed by atoms with Crippen LogP contribution in [-0.2, 0) is 9.59 Å². The van der Waals surface area contributed by atoms with E-state index in [-0.39, 0.29) is 23.9 Å². The summed E-state index contributed by atoms with van der Waals surface area (Å²) < 4.78 is 0. The Morgan fingerprint density at radius 2 is 1.66 bits per heavy atom. The van der Waals surface area contributed by atoms with E-state index in [1.807, 2.05) is 32.0 Å². The number of carboxylic acid groups (broad SMARTS) is 1. The van der Waals surface area contributed by atoms with Gasteiger partial charge < -0.3 is 15.3 Å². The van der Waals surface area contributed by atoms with Crippen LogP contribution in [0.3, 0.4) is 0 Å². The summed E-state index contributed by atoms with van der Waals surface area (Å²) in [5.41, 5.74) is 3.56. The van der Waals surface area contributed by atoms with Gasteiger partial charge >= 0.3 is 5.97 Å². The van der Waals surface area contributed by atoms with Crippen LogP contribution >= 0.6 is 0 Å². The van der Waals surface area contributed by atoms with Crippen molar-refractivity contribution in [2.45, 2.75) is 58.8 Å². The van der Waals surface area contributed by atoms with E-state index in [0.717, 1.165) is 23.2 Å². The predicted molar refractivity (Wildman–Crippen MR) is 126 cm³/mol. The van der Waals surface area contributed by atoms with Gasteiger partial charge in [-0.15, -0.1) is 0 Å². The highest BCUT2D eigenvalue weighted by Gasteiger charge is 2.22. The maximum absolute atomic E-state index is 13.2. The van der Waals surface area contributed by atoms with E-state index >= 15 is 0 Å². The molecule has 1 aliphatic rings. The molecule has 0 aliphatic heterocycles. The van der Waals surface area contributed by atoms with Gasteiger partial charge in [0.1, 0.15) is 6.54 Å². The molecule has 0 heterocycles. The first-order valence-corrected chi connectivity index (χ1v) is 11.3. The number of benzene rings is 2. The summed E-state index contributed by atoms with van der Waals surface area (Å²) in [4.78, 5) is 38.5. The molecule has 0 spiro atoms. The number of aromatic carboxylic acids is 1. The highest BCUT2D eigenvalue weighted by atomic mass is 16.4. The number of nitrogens with zero attached hydrogens (tertiary/aromatic N) is 1. The monoisotopic (exact) mass is 436 g/mol. The molecule has 3 rings (SSSR count). The maximum Gasteiger partial charge on any atom is 0.335 e. The van der Waals surface area contributed by atoms with Crippen LogP contribution in [0.15, 0.2) is 42.5 Å². The zero-order valence-electron chi connectivity index (χ0n) is 18.9. The Bertz CT molecular complexity index is 962. The Kier molecular flexibility index (Phi) is 8.03. The maximum atomic E-state index is 13.2. The summed E-state index contributed by atoms with van der Waals surface area (Å²) in [5.74, 6) is -0.796. The van der Waals surface area contributed by atoms with E-state index in [9.17, 15) is 14.4 Å². The van der Waals surface area contributed by atoms with Crippen LogP contribution in [0, 0.1) is 19.8 Å². The van der Waals surface area contributed by atoms with Crippen molar-refractivity contribution in [1.29, 1.82) is 0 Å². The molecule has 2 N–H and O–H groups in total. The molecule has 6 nitrogen and oxygen atoms in total. The van der Waals surface area contributed by atoms with Crippen molar-refractivity contribution in [2.24, 2.45) is 5.92 Å².